The molecular weight excluding hydrogens is 330 g/mol. The summed E-state index contributed by atoms with van der Waals surface area (Å²) >= 11 is 3.37. The van der Waals surface area contributed by atoms with E-state index in [4.69, 9.17) is 0 Å². The Hall–Kier alpha value is -1.88. The van der Waals surface area contributed by atoms with Crippen LogP contribution in [0, 0.1) is 0 Å². The average molecular weight is 346 g/mol. The van der Waals surface area contributed by atoms with E-state index in [-0.39, 0.29) is 5.91 Å². The summed E-state index contributed by atoms with van der Waals surface area (Å²) in [6.07, 6.45) is 4.19. The SMILES string of the molecule is C[C@H]1CCN(C(=O)c2cncc(Br)c2)c2ccccc2N1. The molecule has 4 nitrogen and oxygen atoms in total. The largest absolute Gasteiger partial charge is 0.381 e. The van der Waals surface area contributed by atoms with Crippen LogP contribution in [0.2, 0.25) is 0 Å². The van der Waals surface area contributed by atoms with Gasteiger partial charge in [0.2, 0.25) is 0 Å². The second-order valence-corrected chi connectivity index (χ2v) is 6.12. The molecule has 2 aromatic rings. The standard InChI is InChI=1S/C16H16BrN3O/c1-11-6-7-20(15-5-3-2-4-14(15)19-11)16(21)12-8-13(17)10-18-9-12/h2-5,8-11,19H,6-7H2,1H3/t11-/m0/s1. The fourth-order valence-corrected chi connectivity index (χ4v) is 2.87. The van der Waals surface area contributed by atoms with E-state index in [1.54, 1.807) is 18.5 Å². The Balaban J connectivity index is 2.00. The van der Waals surface area contributed by atoms with Gasteiger partial charge in [0.15, 0.2) is 0 Å². The van der Waals surface area contributed by atoms with E-state index in [0.29, 0.717) is 18.2 Å². The molecule has 0 aliphatic carbocycles. The molecule has 0 saturated carbocycles. The fraction of sp³-hybridized carbons (Fsp3) is 0.250. The van der Waals surface area contributed by atoms with Gasteiger partial charge in [-0.25, -0.2) is 0 Å². The number of fused-ring (bicyclic) bond motifs is 1. The van der Waals surface area contributed by atoms with Crippen molar-refractivity contribution in [3.63, 3.8) is 0 Å². The predicted octanol–water partition coefficient (Wildman–Crippen LogP) is 3.70. The van der Waals surface area contributed by atoms with E-state index in [1.807, 2.05) is 29.2 Å². The number of halogens is 1. The van der Waals surface area contributed by atoms with Crippen molar-refractivity contribution in [3.05, 3.63) is 52.8 Å². The third-order valence-corrected chi connectivity index (χ3v) is 4.01. The second-order valence-electron chi connectivity index (χ2n) is 5.20. The summed E-state index contributed by atoms with van der Waals surface area (Å²) in [4.78, 5) is 18.7. The van der Waals surface area contributed by atoms with Gasteiger partial charge >= 0.3 is 0 Å². The summed E-state index contributed by atoms with van der Waals surface area (Å²) in [7, 11) is 0. The van der Waals surface area contributed by atoms with Gasteiger partial charge in [0, 0.05) is 29.5 Å². The molecule has 0 spiro atoms. The van der Waals surface area contributed by atoms with Gasteiger partial charge in [-0.05, 0) is 47.5 Å². The van der Waals surface area contributed by atoms with Gasteiger partial charge in [-0.15, -0.1) is 0 Å². The highest BCUT2D eigenvalue weighted by atomic mass is 79.9. The minimum Gasteiger partial charge on any atom is -0.381 e. The van der Waals surface area contributed by atoms with E-state index in [9.17, 15) is 4.79 Å². The summed E-state index contributed by atoms with van der Waals surface area (Å²) in [6, 6.07) is 10.1. The first-order valence-corrected chi connectivity index (χ1v) is 7.72. The van der Waals surface area contributed by atoms with Gasteiger partial charge in [0.1, 0.15) is 0 Å². The molecular formula is C16H16BrN3O. The Morgan fingerprint density at radius 1 is 1.38 bits per heavy atom. The molecule has 0 radical (unpaired) electrons. The molecule has 5 heteroatoms. The van der Waals surface area contributed by atoms with Crippen LogP contribution in [0.15, 0.2) is 47.2 Å². The van der Waals surface area contributed by atoms with Crippen LogP contribution in [0.4, 0.5) is 11.4 Å². The third kappa shape index (κ3) is 2.93. The minimum atomic E-state index is -0.0212. The number of amides is 1. The molecule has 21 heavy (non-hydrogen) atoms. The molecule has 1 amide bonds. The Morgan fingerprint density at radius 3 is 3.00 bits per heavy atom. The molecule has 1 N–H and O–H groups in total. The highest BCUT2D eigenvalue weighted by molar-refractivity contribution is 9.10. The van der Waals surface area contributed by atoms with Crippen molar-refractivity contribution in [2.75, 3.05) is 16.8 Å². The lowest BCUT2D eigenvalue weighted by Crippen LogP contribution is -2.32. The number of aromatic nitrogens is 1. The first-order valence-electron chi connectivity index (χ1n) is 6.93. The van der Waals surface area contributed by atoms with Crippen molar-refractivity contribution in [3.8, 4) is 0 Å². The van der Waals surface area contributed by atoms with Crippen LogP contribution in [0.3, 0.4) is 0 Å². The molecule has 1 aliphatic rings. The smallest absolute Gasteiger partial charge is 0.259 e. The quantitative estimate of drug-likeness (QED) is 0.857. The van der Waals surface area contributed by atoms with Crippen molar-refractivity contribution in [1.82, 2.24) is 4.98 Å². The van der Waals surface area contributed by atoms with Crippen LogP contribution in [0.5, 0.6) is 0 Å². The maximum atomic E-state index is 12.8. The van der Waals surface area contributed by atoms with E-state index in [2.05, 4.69) is 33.2 Å². The maximum Gasteiger partial charge on any atom is 0.259 e. The Morgan fingerprint density at radius 2 is 2.19 bits per heavy atom. The number of benzene rings is 1. The van der Waals surface area contributed by atoms with Gasteiger partial charge in [-0.1, -0.05) is 12.1 Å². The number of pyridine rings is 1. The molecule has 1 aliphatic heterocycles. The lowest BCUT2D eigenvalue weighted by atomic mass is 10.2. The van der Waals surface area contributed by atoms with Gasteiger partial charge in [-0.2, -0.15) is 0 Å². The van der Waals surface area contributed by atoms with Crippen molar-refractivity contribution in [1.29, 1.82) is 0 Å². The third-order valence-electron chi connectivity index (χ3n) is 3.58. The molecule has 0 fully saturated rings. The summed E-state index contributed by atoms with van der Waals surface area (Å²) in [5.74, 6) is -0.0212. The molecule has 1 aromatic carbocycles. The summed E-state index contributed by atoms with van der Waals surface area (Å²) in [5.41, 5.74) is 2.51. The summed E-state index contributed by atoms with van der Waals surface area (Å²) in [6.45, 7) is 2.82. The van der Waals surface area contributed by atoms with E-state index >= 15 is 0 Å². The van der Waals surface area contributed by atoms with Crippen molar-refractivity contribution >= 4 is 33.2 Å². The fourth-order valence-electron chi connectivity index (χ4n) is 2.51. The summed E-state index contributed by atoms with van der Waals surface area (Å²) < 4.78 is 0.808. The molecule has 2 heterocycles. The number of anilines is 2. The van der Waals surface area contributed by atoms with Crippen LogP contribution in [0.25, 0.3) is 0 Å². The van der Waals surface area contributed by atoms with Crippen LogP contribution >= 0.6 is 15.9 Å². The number of carbonyl (C=O) groups excluding carboxylic acids is 1. The molecule has 3 rings (SSSR count). The van der Waals surface area contributed by atoms with E-state index < -0.39 is 0 Å². The zero-order valence-electron chi connectivity index (χ0n) is 11.7. The first-order chi connectivity index (χ1) is 10.1. The normalized spacial score (nSPS) is 17.6. The number of nitrogens with zero attached hydrogens (tertiary/aromatic N) is 2. The Bertz CT molecular complexity index is 674. The van der Waals surface area contributed by atoms with Crippen molar-refractivity contribution in [2.45, 2.75) is 19.4 Å². The lowest BCUT2D eigenvalue weighted by Gasteiger charge is -2.22. The number of hydrogen-bond donors (Lipinski definition) is 1. The maximum absolute atomic E-state index is 12.8. The van der Waals surface area contributed by atoms with Gasteiger partial charge in [0.25, 0.3) is 5.91 Å². The number of nitrogens with one attached hydrogen (secondary N) is 1. The van der Waals surface area contributed by atoms with Crippen molar-refractivity contribution in [2.24, 2.45) is 0 Å². The van der Waals surface area contributed by atoms with Crippen LogP contribution < -0.4 is 10.2 Å². The molecule has 0 unspecified atom stereocenters. The molecule has 0 saturated heterocycles. The molecule has 0 bridgehead atoms. The predicted molar refractivity (Wildman–Crippen MR) is 87.8 cm³/mol. The van der Waals surface area contributed by atoms with E-state index in [0.717, 1.165) is 22.3 Å². The van der Waals surface area contributed by atoms with Crippen LogP contribution in [-0.4, -0.2) is 23.5 Å². The summed E-state index contributed by atoms with van der Waals surface area (Å²) in [5, 5.41) is 3.45. The molecule has 1 aromatic heterocycles. The van der Waals surface area contributed by atoms with Gasteiger partial charge in [-0.3, -0.25) is 9.78 Å². The average Bonchev–Trinajstić information content (AvgIpc) is 2.65. The zero-order valence-corrected chi connectivity index (χ0v) is 13.3. The first kappa shape index (κ1) is 14.1. The highest BCUT2D eigenvalue weighted by Crippen LogP contribution is 2.31. The number of para-hydroxylation sites is 2. The Labute approximate surface area is 132 Å². The highest BCUT2D eigenvalue weighted by Gasteiger charge is 2.24. The van der Waals surface area contributed by atoms with E-state index in [1.165, 1.54) is 0 Å². The lowest BCUT2D eigenvalue weighted by molar-refractivity contribution is 0.0986. The van der Waals surface area contributed by atoms with Gasteiger partial charge < -0.3 is 10.2 Å². The molecule has 1 atom stereocenters. The number of carbonyl (C=O) groups is 1. The monoisotopic (exact) mass is 345 g/mol. The second kappa shape index (κ2) is 5.85. The topological polar surface area (TPSA) is 45.2 Å². The van der Waals surface area contributed by atoms with Crippen LogP contribution in [0.1, 0.15) is 23.7 Å². The number of hydrogen-bond acceptors (Lipinski definition) is 3. The Kier molecular flexibility index (Phi) is 3.92. The van der Waals surface area contributed by atoms with Gasteiger partial charge in [0.05, 0.1) is 16.9 Å². The number of rotatable bonds is 1. The van der Waals surface area contributed by atoms with Crippen LogP contribution in [-0.2, 0) is 0 Å². The molecule has 108 valence electrons. The minimum absolute atomic E-state index is 0.0212. The van der Waals surface area contributed by atoms with Crippen molar-refractivity contribution < 1.29 is 4.79 Å². The zero-order chi connectivity index (χ0) is 14.8.